The van der Waals surface area contributed by atoms with Gasteiger partial charge in [-0.2, -0.15) is 0 Å². The standard InChI is InChI=1S/C8H7BrFNO2.C2H6/c1-13-8(12)3-7-6(10)2-5(9)4-11-7;1-2/h2,4H,3H2,1H3;1-2H3. The first kappa shape index (κ1) is 14.0. The Balaban J connectivity index is 0.000000921. The predicted molar refractivity (Wildman–Crippen MR) is 59.0 cm³/mol. The highest BCUT2D eigenvalue weighted by molar-refractivity contribution is 9.10. The molecular weight excluding hydrogens is 265 g/mol. The fourth-order valence-corrected chi connectivity index (χ4v) is 1.09. The minimum Gasteiger partial charge on any atom is -0.469 e. The molecule has 1 aromatic heterocycles. The normalized spacial score (nSPS) is 8.87. The maximum atomic E-state index is 13.0. The first-order valence-electron chi connectivity index (χ1n) is 4.50. The Morgan fingerprint density at radius 2 is 2.20 bits per heavy atom. The number of pyridine rings is 1. The van der Waals surface area contributed by atoms with E-state index in [1.165, 1.54) is 19.4 Å². The monoisotopic (exact) mass is 277 g/mol. The number of carbonyl (C=O) groups is 1. The SMILES string of the molecule is CC.COC(=O)Cc1ncc(Br)cc1F. The van der Waals surface area contributed by atoms with E-state index in [0.717, 1.165) is 0 Å². The van der Waals surface area contributed by atoms with Gasteiger partial charge in [0.05, 0.1) is 19.2 Å². The molecule has 5 heteroatoms. The number of halogens is 2. The van der Waals surface area contributed by atoms with Crippen LogP contribution in [0.15, 0.2) is 16.7 Å². The van der Waals surface area contributed by atoms with Gasteiger partial charge in [0.2, 0.25) is 0 Å². The molecule has 0 atom stereocenters. The number of esters is 1. The van der Waals surface area contributed by atoms with Crippen molar-refractivity contribution in [3.8, 4) is 0 Å². The van der Waals surface area contributed by atoms with Gasteiger partial charge in [-0.3, -0.25) is 9.78 Å². The molecule has 1 rings (SSSR count). The maximum absolute atomic E-state index is 13.0. The van der Waals surface area contributed by atoms with E-state index in [0.29, 0.717) is 4.47 Å². The minimum atomic E-state index is -0.514. The summed E-state index contributed by atoms with van der Waals surface area (Å²) in [5.41, 5.74) is 0.0926. The number of aromatic nitrogens is 1. The average Bonchev–Trinajstić information content (AvgIpc) is 2.25. The predicted octanol–water partition coefficient (Wildman–Crippen LogP) is 2.72. The second-order valence-electron chi connectivity index (χ2n) is 2.33. The van der Waals surface area contributed by atoms with E-state index in [1.807, 2.05) is 13.8 Å². The van der Waals surface area contributed by atoms with Crippen LogP contribution in [0, 0.1) is 5.82 Å². The second kappa shape index (κ2) is 7.34. The Morgan fingerprint density at radius 1 is 1.60 bits per heavy atom. The Hall–Kier alpha value is -0.970. The van der Waals surface area contributed by atoms with E-state index in [9.17, 15) is 9.18 Å². The van der Waals surface area contributed by atoms with E-state index in [4.69, 9.17) is 0 Å². The third-order valence-electron chi connectivity index (χ3n) is 1.42. The molecular formula is C10H13BrFNO2. The highest BCUT2D eigenvalue weighted by atomic mass is 79.9. The molecule has 15 heavy (non-hydrogen) atoms. The topological polar surface area (TPSA) is 39.2 Å². The van der Waals surface area contributed by atoms with Crippen molar-refractivity contribution in [1.82, 2.24) is 4.98 Å². The van der Waals surface area contributed by atoms with Crippen molar-refractivity contribution in [1.29, 1.82) is 0 Å². The van der Waals surface area contributed by atoms with Crippen molar-refractivity contribution in [3.63, 3.8) is 0 Å². The summed E-state index contributed by atoms with van der Waals surface area (Å²) in [4.78, 5) is 14.5. The van der Waals surface area contributed by atoms with Crippen molar-refractivity contribution in [2.45, 2.75) is 20.3 Å². The molecule has 0 aliphatic carbocycles. The van der Waals surface area contributed by atoms with E-state index in [-0.39, 0.29) is 12.1 Å². The Labute approximate surface area is 96.8 Å². The number of carbonyl (C=O) groups excluding carboxylic acids is 1. The summed E-state index contributed by atoms with van der Waals surface area (Å²) < 4.78 is 18.0. The van der Waals surface area contributed by atoms with Gasteiger partial charge in [0.15, 0.2) is 0 Å². The Bertz CT molecular complexity index is 331. The average molecular weight is 278 g/mol. The number of ether oxygens (including phenoxy) is 1. The maximum Gasteiger partial charge on any atom is 0.311 e. The largest absolute Gasteiger partial charge is 0.469 e. The van der Waals surface area contributed by atoms with Gasteiger partial charge in [-0.25, -0.2) is 4.39 Å². The van der Waals surface area contributed by atoms with Gasteiger partial charge in [-0.1, -0.05) is 13.8 Å². The molecule has 0 saturated heterocycles. The van der Waals surface area contributed by atoms with Crippen molar-refractivity contribution in [2.24, 2.45) is 0 Å². The highest BCUT2D eigenvalue weighted by Gasteiger charge is 2.09. The number of hydrogen-bond acceptors (Lipinski definition) is 3. The number of methoxy groups -OCH3 is 1. The molecule has 0 amide bonds. The molecule has 0 spiro atoms. The van der Waals surface area contributed by atoms with Gasteiger partial charge in [0.1, 0.15) is 5.82 Å². The molecule has 0 saturated carbocycles. The molecule has 3 nitrogen and oxygen atoms in total. The summed E-state index contributed by atoms with van der Waals surface area (Å²) in [6.07, 6.45) is 1.29. The molecule has 0 aliphatic heterocycles. The van der Waals surface area contributed by atoms with E-state index >= 15 is 0 Å². The first-order chi connectivity index (χ1) is 7.13. The molecule has 0 fully saturated rings. The van der Waals surface area contributed by atoms with Crippen LogP contribution in [0.2, 0.25) is 0 Å². The van der Waals surface area contributed by atoms with Crippen LogP contribution >= 0.6 is 15.9 Å². The summed E-state index contributed by atoms with van der Waals surface area (Å²) in [5.74, 6) is -1.02. The Morgan fingerprint density at radius 3 is 2.67 bits per heavy atom. The fraction of sp³-hybridized carbons (Fsp3) is 0.400. The zero-order valence-electron chi connectivity index (χ0n) is 8.88. The van der Waals surface area contributed by atoms with Crippen LogP contribution in [0.4, 0.5) is 4.39 Å². The lowest BCUT2D eigenvalue weighted by molar-refractivity contribution is -0.139. The summed E-state index contributed by atoms with van der Waals surface area (Å²) in [6.45, 7) is 4.00. The zero-order chi connectivity index (χ0) is 11.8. The molecule has 0 N–H and O–H groups in total. The van der Waals surface area contributed by atoms with Crippen molar-refractivity contribution in [3.05, 3.63) is 28.2 Å². The van der Waals surface area contributed by atoms with Crippen LogP contribution in [0.5, 0.6) is 0 Å². The van der Waals surface area contributed by atoms with Gasteiger partial charge in [-0.05, 0) is 22.0 Å². The molecule has 0 aliphatic rings. The Kier molecular flexibility index (Phi) is 6.86. The van der Waals surface area contributed by atoms with Crippen LogP contribution in [0.25, 0.3) is 0 Å². The zero-order valence-corrected chi connectivity index (χ0v) is 10.5. The number of rotatable bonds is 2. The fourth-order valence-electron chi connectivity index (χ4n) is 0.782. The molecule has 0 bridgehead atoms. The molecule has 0 radical (unpaired) electrons. The third-order valence-corrected chi connectivity index (χ3v) is 1.86. The molecule has 1 aromatic rings. The van der Waals surface area contributed by atoms with Gasteiger partial charge in [0, 0.05) is 10.7 Å². The highest BCUT2D eigenvalue weighted by Crippen LogP contribution is 2.12. The van der Waals surface area contributed by atoms with Crippen LogP contribution in [-0.4, -0.2) is 18.1 Å². The second-order valence-corrected chi connectivity index (χ2v) is 3.25. The van der Waals surface area contributed by atoms with Crippen molar-refractivity contribution in [2.75, 3.05) is 7.11 Å². The van der Waals surface area contributed by atoms with Crippen LogP contribution < -0.4 is 0 Å². The minimum absolute atomic E-state index is 0.0926. The van der Waals surface area contributed by atoms with Gasteiger partial charge < -0.3 is 4.74 Å². The lowest BCUT2D eigenvalue weighted by Crippen LogP contribution is -2.07. The summed E-state index contributed by atoms with van der Waals surface area (Å²) in [5, 5.41) is 0. The number of hydrogen-bond donors (Lipinski definition) is 0. The first-order valence-corrected chi connectivity index (χ1v) is 5.29. The van der Waals surface area contributed by atoms with Crippen LogP contribution in [-0.2, 0) is 16.0 Å². The lowest BCUT2D eigenvalue weighted by atomic mass is 10.2. The van der Waals surface area contributed by atoms with E-state index in [1.54, 1.807) is 0 Å². The number of nitrogens with zero attached hydrogens (tertiary/aromatic N) is 1. The van der Waals surface area contributed by atoms with E-state index < -0.39 is 11.8 Å². The summed E-state index contributed by atoms with van der Waals surface area (Å²) in [6, 6.07) is 1.26. The van der Waals surface area contributed by atoms with Gasteiger partial charge in [0.25, 0.3) is 0 Å². The van der Waals surface area contributed by atoms with Crippen molar-refractivity contribution >= 4 is 21.9 Å². The van der Waals surface area contributed by atoms with Crippen LogP contribution in [0.1, 0.15) is 19.5 Å². The van der Waals surface area contributed by atoms with Crippen LogP contribution in [0.3, 0.4) is 0 Å². The van der Waals surface area contributed by atoms with E-state index in [2.05, 4.69) is 25.7 Å². The molecule has 1 heterocycles. The molecule has 84 valence electrons. The smallest absolute Gasteiger partial charge is 0.311 e. The van der Waals surface area contributed by atoms with Gasteiger partial charge in [-0.15, -0.1) is 0 Å². The van der Waals surface area contributed by atoms with Crippen molar-refractivity contribution < 1.29 is 13.9 Å². The molecule has 0 unspecified atom stereocenters. The quantitative estimate of drug-likeness (QED) is 0.781. The summed E-state index contributed by atoms with van der Waals surface area (Å²) >= 11 is 3.06. The summed E-state index contributed by atoms with van der Waals surface area (Å²) in [7, 11) is 1.25. The lowest BCUT2D eigenvalue weighted by Gasteiger charge is -2.00. The third kappa shape index (κ3) is 4.88. The van der Waals surface area contributed by atoms with Gasteiger partial charge >= 0.3 is 5.97 Å². The molecule has 0 aromatic carbocycles.